The van der Waals surface area contributed by atoms with Crippen molar-refractivity contribution in [1.29, 1.82) is 0 Å². The fourth-order valence-corrected chi connectivity index (χ4v) is 5.57. The molecule has 2 aliphatic rings. The first-order valence-electron chi connectivity index (χ1n) is 7.82. The van der Waals surface area contributed by atoms with Crippen molar-refractivity contribution in [2.24, 2.45) is 5.92 Å². The normalized spacial score (nSPS) is 32.6. The van der Waals surface area contributed by atoms with E-state index in [0.717, 1.165) is 4.90 Å². The number of hydrogen-bond donors (Lipinski definition) is 6. The maximum atomic E-state index is 11.9. The number of amides is 3. The highest BCUT2D eigenvalue weighted by molar-refractivity contribution is 7.66. The highest BCUT2D eigenvalue weighted by atomic mass is 31.3. The fraction of sp³-hybridized carbons (Fsp3) is 0.800. The molecule has 168 valence electrons. The van der Waals surface area contributed by atoms with E-state index in [1.165, 1.54) is 0 Å². The molecule has 2 aliphatic heterocycles. The zero-order chi connectivity index (χ0) is 22.2. The van der Waals surface area contributed by atoms with Crippen molar-refractivity contribution >= 4 is 35.4 Å². The molecule has 0 aromatic carbocycles. The quantitative estimate of drug-likeness (QED) is 0.226. The molecule has 0 saturated carbocycles. The molecule has 6 N–H and O–H groups in total. The zero-order valence-electron chi connectivity index (χ0n) is 14.6. The number of aliphatic hydroxyl groups excluding tert-OH is 1. The van der Waals surface area contributed by atoms with Gasteiger partial charge in [0.15, 0.2) is 0 Å². The van der Waals surface area contributed by atoms with E-state index in [0.29, 0.717) is 0 Å². The van der Waals surface area contributed by atoms with E-state index in [1.807, 2.05) is 0 Å². The summed E-state index contributed by atoms with van der Waals surface area (Å²) >= 11 is 0. The molecule has 0 radical (unpaired) electrons. The van der Waals surface area contributed by atoms with Gasteiger partial charge in [-0.15, -0.1) is 0 Å². The van der Waals surface area contributed by atoms with Crippen molar-refractivity contribution < 1.29 is 65.8 Å². The van der Waals surface area contributed by atoms with Gasteiger partial charge in [0, 0.05) is 13.0 Å². The first-order chi connectivity index (χ1) is 13.1. The van der Waals surface area contributed by atoms with Crippen LogP contribution in [0, 0.1) is 5.92 Å². The Morgan fingerprint density at radius 2 is 1.76 bits per heavy atom. The number of nitrogens with zero attached hydrogens (tertiary/aromatic N) is 1. The van der Waals surface area contributed by atoms with Gasteiger partial charge >= 0.3 is 29.5 Å². The molecule has 0 aliphatic carbocycles. The molecule has 29 heavy (non-hydrogen) atoms. The molecule has 16 nitrogen and oxygen atoms in total. The molecule has 3 unspecified atom stereocenters. The number of carbonyl (C=O) groups is 2. The number of hydrogen-bond acceptors (Lipinski definition) is 10. The van der Waals surface area contributed by atoms with Crippen LogP contribution in [0.25, 0.3) is 0 Å². The number of carbonyl (C=O) groups excluding carboxylic acids is 2. The second-order valence-corrected chi connectivity index (χ2v) is 10.6. The van der Waals surface area contributed by atoms with Gasteiger partial charge in [-0.1, -0.05) is 6.92 Å². The van der Waals surface area contributed by atoms with Crippen molar-refractivity contribution in [2.75, 3.05) is 13.2 Å². The standard InChI is InChI=1S/C10H19N2O14P3/c1-5-3-12(10(15)11-9(5)14)8-2-6(13)7(24-8)4-23-28(19,20)26-29(21,22)25-27(16,17)18/h5-8,13H,2-4H2,1H3,(H,19,20)(H,21,22)(H,11,14,15)(H2,16,17,18)/t5?,6-,7+,8+/m0/s1. The van der Waals surface area contributed by atoms with Crippen molar-refractivity contribution in [3.63, 3.8) is 0 Å². The number of phosphoric acid groups is 3. The smallest absolute Gasteiger partial charge is 0.390 e. The minimum absolute atomic E-state index is 0.00461. The molecular formula is C10H19N2O14P3. The summed E-state index contributed by atoms with van der Waals surface area (Å²) in [6.07, 6.45) is -3.67. The van der Waals surface area contributed by atoms with Gasteiger partial charge in [-0.25, -0.2) is 18.5 Å². The number of ether oxygens (including phenoxy) is 1. The highest BCUT2D eigenvalue weighted by Crippen LogP contribution is 2.66. The average Bonchev–Trinajstić information content (AvgIpc) is 2.86. The minimum Gasteiger partial charge on any atom is -0.390 e. The van der Waals surface area contributed by atoms with Crippen molar-refractivity contribution in [2.45, 2.75) is 31.8 Å². The van der Waals surface area contributed by atoms with Crippen LogP contribution in [0.3, 0.4) is 0 Å². The molecule has 3 amide bonds. The minimum atomic E-state index is -5.66. The molecular weight excluding hydrogens is 465 g/mol. The second-order valence-electron chi connectivity index (χ2n) is 6.17. The van der Waals surface area contributed by atoms with E-state index < -0.39 is 66.4 Å². The predicted octanol–water partition coefficient (Wildman–Crippen LogP) is -1.01. The summed E-state index contributed by atoms with van der Waals surface area (Å²) in [6.45, 7) is 0.711. The molecule has 19 heteroatoms. The van der Waals surface area contributed by atoms with Crippen LogP contribution in [-0.4, -0.2) is 73.1 Å². The van der Waals surface area contributed by atoms with E-state index >= 15 is 0 Å². The van der Waals surface area contributed by atoms with Crippen LogP contribution in [0.15, 0.2) is 0 Å². The largest absolute Gasteiger partial charge is 0.490 e. The fourth-order valence-electron chi connectivity index (χ4n) is 2.54. The van der Waals surface area contributed by atoms with E-state index in [9.17, 15) is 33.3 Å². The molecule has 2 saturated heterocycles. The summed E-state index contributed by atoms with van der Waals surface area (Å²) < 4.78 is 50.4. The van der Waals surface area contributed by atoms with Crippen LogP contribution in [0.1, 0.15) is 13.3 Å². The average molecular weight is 484 g/mol. The number of nitrogens with one attached hydrogen (secondary N) is 1. The number of urea groups is 1. The molecule has 2 rings (SSSR count). The van der Waals surface area contributed by atoms with E-state index in [-0.39, 0.29) is 13.0 Å². The van der Waals surface area contributed by atoms with Crippen LogP contribution in [0.4, 0.5) is 4.79 Å². The molecule has 0 aromatic heterocycles. The van der Waals surface area contributed by atoms with Crippen LogP contribution in [0.5, 0.6) is 0 Å². The van der Waals surface area contributed by atoms with Gasteiger partial charge < -0.3 is 29.4 Å². The molecule has 0 spiro atoms. The third kappa shape index (κ3) is 7.17. The lowest BCUT2D eigenvalue weighted by atomic mass is 10.1. The molecule has 2 fully saturated rings. The first kappa shape index (κ1) is 24.5. The van der Waals surface area contributed by atoms with E-state index in [2.05, 4.69) is 18.5 Å². The van der Waals surface area contributed by atoms with E-state index in [4.69, 9.17) is 19.4 Å². The van der Waals surface area contributed by atoms with Crippen molar-refractivity contribution in [3.05, 3.63) is 0 Å². The van der Waals surface area contributed by atoms with Crippen LogP contribution in [-0.2, 0) is 36.4 Å². The number of aliphatic hydroxyl groups is 1. The van der Waals surface area contributed by atoms with Gasteiger partial charge in [0.1, 0.15) is 12.3 Å². The van der Waals surface area contributed by atoms with Gasteiger partial charge in [-0.05, 0) is 0 Å². The maximum absolute atomic E-state index is 11.9. The Hall–Kier alpha value is -0.730. The number of phosphoric ester groups is 1. The van der Waals surface area contributed by atoms with Crippen molar-refractivity contribution in [1.82, 2.24) is 10.2 Å². The zero-order valence-corrected chi connectivity index (χ0v) is 17.3. The van der Waals surface area contributed by atoms with Crippen LogP contribution >= 0.6 is 23.5 Å². The van der Waals surface area contributed by atoms with Gasteiger partial charge in [0.05, 0.1) is 18.6 Å². The Labute approximate surface area is 163 Å². The van der Waals surface area contributed by atoms with Gasteiger partial charge in [-0.3, -0.25) is 19.5 Å². The number of imide groups is 1. The summed E-state index contributed by atoms with van der Waals surface area (Å²) in [5.74, 6) is -1.02. The van der Waals surface area contributed by atoms with Gasteiger partial charge in [-0.2, -0.15) is 8.62 Å². The molecule has 0 aromatic rings. The summed E-state index contributed by atoms with van der Waals surface area (Å²) in [7, 11) is -16.6. The lowest BCUT2D eigenvalue weighted by molar-refractivity contribution is -0.128. The Morgan fingerprint density at radius 1 is 1.14 bits per heavy atom. The molecule has 6 atom stereocenters. The first-order valence-corrected chi connectivity index (χ1v) is 12.3. The Morgan fingerprint density at radius 3 is 2.34 bits per heavy atom. The summed E-state index contributed by atoms with van der Waals surface area (Å²) in [6, 6.07) is -0.751. The lowest BCUT2D eigenvalue weighted by Crippen LogP contribution is -2.57. The molecule has 0 bridgehead atoms. The third-order valence-corrected chi connectivity index (χ3v) is 7.58. The van der Waals surface area contributed by atoms with Gasteiger partial charge in [0.25, 0.3) is 0 Å². The summed E-state index contributed by atoms with van der Waals surface area (Å²) in [4.78, 5) is 59.9. The summed E-state index contributed by atoms with van der Waals surface area (Å²) in [5, 5.41) is 12.1. The second kappa shape index (κ2) is 8.79. The van der Waals surface area contributed by atoms with Gasteiger partial charge in [0.2, 0.25) is 5.91 Å². The third-order valence-electron chi connectivity index (χ3n) is 3.78. The number of rotatable bonds is 8. The summed E-state index contributed by atoms with van der Waals surface area (Å²) in [5.41, 5.74) is 0. The Balaban J connectivity index is 1.93. The lowest BCUT2D eigenvalue weighted by Gasteiger charge is -2.34. The maximum Gasteiger partial charge on any atom is 0.490 e. The monoisotopic (exact) mass is 484 g/mol. The Bertz CT molecular complexity index is 799. The Kier molecular flexibility index (Phi) is 7.44. The van der Waals surface area contributed by atoms with Crippen molar-refractivity contribution in [3.8, 4) is 0 Å². The predicted molar refractivity (Wildman–Crippen MR) is 88.5 cm³/mol. The van der Waals surface area contributed by atoms with Crippen LogP contribution < -0.4 is 5.32 Å². The van der Waals surface area contributed by atoms with Crippen LogP contribution in [0.2, 0.25) is 0 Å². The SMILES string of the molecule is CC1CN([C@H]2C[C@H](O)[C@@H](COP(=O)(O)OP(=O)(O)OP(=O)(O)O)O2)C(=O)NC1=O. The highest BCUT2D eigenvalue weighted by Gasteiger charge is 2.45. The topological polar surface area (TPSA) is 239 Å². The molecule has 2 heterocycles. The van der Waals surface area contributed by atoms with E-state index in [1.54, 1.807) is 6.92 Å².